The van der Waals surface area contributed by atoms with Gasteiger partial charge in [0.15, 0.2) is 11.5 Å². The fourth-order valence-corrected chi connectivity index (χ4v) is 3.57. The number of carbonyl (C=O) groups is 1. The number of hydrogen-bond donors (Lipinski definition) is 1. The van der Waals surface area contributed by atoms with Gasteiger partial charge < -0.3 is 10.6 Å². The number of nitrogen functional groups attached to an aromatic ring is 1. The monoisotopic (exact) mass is 327 g/mol. The predicted octanol–water partition coefficient (Wildman–Crippen LogP) is 2.67. The molecule has 4 rings (SSSR count). The molecule has 0 aliphatic carbocycles. The van der Waals surface area contributed by atoms with E-state index in [0.29, 0.717) is 22.7 Å². The summed E-state index contributed by atoms with van der Waals surface area (Å²) in [6, 6.07) is 5.63. The Bertz CT molecular complexity index is 849. The average Bonchev–Trinajstić information content (AvgIpc) is 3.24. The smallest absolute Gasteiger partial charge is 0.255 e. The van der Waals surface area contributed by atoms with Gasteiger partial charge in [-0.1, -0.05) is 6.07 Å². The lowest BCUT2D eigenvalue weighted by atomic mass is 10.1. The van der Waals surface area contributed by atoms with Gasteiger partial charge in [-0.05, 0) is 36.8 Å². The van der Waals surface area contributed by atoms with Crippen LogP contribution < -0.4 is 5.73 Å². The molecule has 0 bridgehead atoms. The van der Waals surface area contributed by atoms with Crippen molar-refractivity contribution < 1.29 is 4.79 Å². The molecule has 0 saturated carbocycles. The number of thiophene rings is 1. The van der Waals surface area contributed by atoms with Crippen LogP contribution >= 0.6 is 11.3 Å². The Morgan fingerprint density at radius 1 is 1.26 bits per heavy atom. The number of likely N-dealkylation sites (tertiary alicyclic amines) is 1. The van der Waals surface area contributed by atoms with E-state index in [1.807, 2.05) is 22.4 Å². The first-order valence-corrected chi connectivity index (χ1v) is 8.59. The van der Waals surface area contributed by atoms with E-state index in [0.717, 1.165) is 30.8 Å². The first-order chi connectivity index (χ1) is 11.2. The number of pyridine rings is 1. The normalized spacial score (nSPS) is 15.2. The molecule has 0 unspecified atom stereocenters. The minimum Gasteiger partial charge on any atom is -0.396 e. The van der Waals surface area contributed by atoms with E-state index in [9.17, 15) is 4.79 Å². The zero-order chi connectivity index (χ0) is 15.8. The number of nitrogens with zero attached hydrogens (tertiary/aromatic N) is 4. The van der Waals surface area contributed by atoms with Crippen LogP contribution in [0.2, 0.25) is 0 Å². The number of amides is 1. The highest BCUT2D eigenvalue weighted by Crippen LogP contribution is 2.24. The molecule has 6 nitrogen and oxygen atoms in total. The zero-order valence-corrected chi connectivity index (χ0v) is 13.4. The molecule has 1 aliphatic rings. The quantitative estimate of drug-likeness (QED) is 0.785. The van der Waals surface area contributed by atoms with Gasteiger partial charge in [-0.3, -0.25) is 4.79 Å². The zero-order valence-electron chi connectivity index (χ0n) is 12.6. The van der Waals surface area contributed by atoms with Crippen LogP contribution in [-0.4, -0.2) is 38.5 Å². The number of fused-ring (bicyclic) bond motifs is 1. The first kappa shape index (κ1) is 14.2. The van der Waals surface area contributed by atoms with Gasteiger partial charge in [0.2, 0.25) is 0 Å². The Kier molecular flexibility index (Phi) is 3.49. The lowest BCUT2D eigenvalue weighted by molar-refractivity contribution is 0.0724. The molecule has 1 amide bonds. The highest BCUT2D eigenvalue weighted by molar-refractivity contribution is 7.13. The molecule has 23 heavy (non-hydrogen) atoms. The van der Waals surface area contributed by atoms with Crippen LogP contribution in [-0.2, 0) is 0 Å². The number of piperidine rings is 1. The second-order valence-electron chi connectivity index (χ2n) is 5.72. The summed E-state index contributed by atoms with van der Waals surface area (Å²) >= 11 is 1.58. The Morgan fingerprint density at radius 3 is 2.83 bits per heavy atom. The largest absolute Gasteiger partial charge is 0.396 e. The highest BCUT2D eigenvalue weighted by atomic mass is 32.1. The number of anilines is 1. The van der Waals surface area contributed by atoms with Crippen molar-refractivity contribution in [3.05, 3.63) is 35.3 Å². The van der Waals surface area contributed by atoms with E-state index in [-0.39, 0.29) is 5.91 Å². The fraction of sp³-hybridized carbons (Fsp3) is 0.312. The average molecular weight is 327 g/mol. The summed E-state index contributed by atoms with van der Waals surface area (Å²) in [6.45, 7) is 1.63. The SMILES string of the molecule is Nc1cc(C(=O)N2CCCCC2)cn2nc(-c3cccs3)nc12. The van der Waals surface area contributed by atoms with Crippen molar-refractivity contribution in [3.8, 4) is 10.7 Å². The van der Waals surface area contributed by atoms with Crippen LogP contribution in [0.15, 0.2) is 29.8 Å². The molecule has 118 valence electrons. The highest BCUT2D eigenvalue weighted by Gasteiger charge is 2.20. The summed E-state index contributed by atoms with van der Waals surface area (Å²) in [5.41, 5.74) is 7.73. The third-order valence-electron chi connectivity index (χ3n) is 4.09. The lowest BCUT2D eigenvalue weighted by Gasteiger charge is -2.26. The molecule has 0 aromatic carbocycles. The Labute approximate surface area is 137 Å². The van der Waals surface area contributed by atoms with Crippen molar-refractivity contribution in [1.82, 2.24) is 19.5 Å². The maximum atomic E-state index is 12.6. The molecule has 2 N–H and O–H groups in total. The summed E-state index contributed by atoms with van der Waals surface area (Å²) in [6.07, 6.45) is 5.05. The van der Waals surface area contributed by atoms with Crippen LogP contribution in [0.4, 0.5) is 5.69 Å². The van der Waals surface area contributed by atoms with Crippen LogP contribution in [0.5, 0.6) is 0 Å². The van der Waals surface area contributed by atoms with Crippen molar-refractivity contribution in [2.24, 2.45) is 0 Å². The van der Waals surface area contributed by atoms with E-state index < -0.39 is 0 Å². The molecular formula is C16H17N5OS. The molecule has 1 fully saturated rings. The third-order valence-corrected chi connectivity index (χ3v) is 4.96. The molecule has 0 atom stereocenters. The Hall–Kier alpha value is -2.41. The molecule has 0 spiro atoms. The number of aromatic nitrogens is 3. The molecular weight excluding hydrogens is 310 g/mol. The van der Waals surface area contributed by atoms with Gasteiger partial charge in [-0.15, -0.1) is 16.4 Å². The Balaban J connectivity index is 1.73. The summed E-state index contributed by atoms with van der Waals surface area (Å²) < 4.78 is 1.61. The van der Waals surface area contributed by atoms with Crippen molar-refractivity contribution in [2.45, 2.75) is 19.3 Å². The van der Waals surface area contributed by atoms with E-state index in [4.69, 9.17) is 5.73 Å². The standard InChI is InChI=1S/C16H17N5OS/c17-12-9-11(16(22)20-6-2-1-3-7-20)10-21-15(12)18-14(19-21)13-5-4-8-23-13/h4-5,8-10H,1-3,6-7,17H2. The number of nitrogens with two attached hydrogens (primary N) is 1. The van der Waals surface area contributed by atoms with E-state index in [1.54, 1.807) is 28.1 Å². The van der Waals surface area contributed by atoms with Gasteiger partial charge in [0.05, 0.1) is 16.1 Å². The van der Waals surface area contributed by atoms with Crippen LogP contribution in [0.3, 0.4) is 0 Å². The predicted molar refractivity (Wildman–Crippen MR) is 90.5 cm³/mol. The first-order valence-electron chi connectivity index (χ1n) is 7.71. The van der Waals surface area contributed by atoms with E-state index >= 15 is 0 Å². The molecule has 1 saturated heterocycles. The van der Waals surface area contributed by atoms with Gasteiger partial charge in [-0.2, -0.15) is 0 Å². The Morgan fingerprint density at radius 2 is 2.09 bits per heavy atom. The third kappa shape index (κ3) is 2.57. The van der Waals surface area contributed by atoms with Gasteiger partial charge in [0, 0.05) is 19.3 Å². The summed E-state index contributed by atoms with van der Waals surface area (Å²) in [7, 11) is 0. The van der Waals surface area contributed by atoms with Crippen LogP contribution in [0.25, 0.3) is 16.3 Å². The second kappa shape index (κ2) is 5.66. The minimum atomic E-state index is 0.0199. The second-order valence-corrected chi connectivity index (χ2v) is 6.67. The topological polar surface area (TPSA) is 76.5 Å². The lowest BCUT2D eigenvalue weighted by Crippen LogP contribution is -2.35. The van der Waals surface area contributed by atoms with Crippen molar-refractivity contribution in [3.63, 3.8) is 0 Å². The van der Waals surface area contributed by atoms with Crippen molar-refractivity contribution >= 4 is 28.6 Å². The number of hydrogen-bond acceptors (Lipinski definition) is 5. The van der Waals surface area contributed by atoms with Gasteiger partial charge in [0.25, 0.3) is 5.91 Å². The fourth-order valence-electron chi connectivity index (χ4n) is 2.92. The van der Waals surface area contributed by atoms with Gasteiger partial charge in [-0.25, -0.2) is 9.50 Å². The minimum absolute atomic E-state index is 0.0199. The summed E-state index contributed by atoms with van der Waals surface area (Å²) in [5.74, 6) is 0.653. The number of carbonyl (C=O) groups excluding carboxylic acids is 1. The molecule has 1 aliphatic heterocycles. The van der Waals surface area contributed by atoms with Crippen LogP contribution in [0, 0.1) is 0 Å². The summed E-state index contributed by atoms with van der Waals surface area (Å²) in [4.78, 5) is 20.0. The van der Waals surface area contributed by atoms with Crippen molar-refractivity contribution in [2.75, 3.05) is 18.8 Å². The van der Waals surface area contributed by atoms with E-state index in [1.165, 1.54) is 6.42 Å². The maximum Gasteiger partial charge on any atom is 0.255 e. The van der Waals surface area contributed by atoms with Crippen molar-refractivity contribution in [1.29, 1.82) is 0 Å². The maximum absolute atomic E-state index is 12.6. The van der Waals surface area contributed by atoms with Crippen LogP contribution in [0.1, 0.15) is 29.6 Å². The van der Waals surface area contributed by atoms with Gasteiger partial charge in [0.1, 0.15) is 0 Å². The van der Waals surface area contributed by atoms with Gasteiger partial charge >= 0.3 is 0 Å². The molecule has 4 heterocycles. The number of rotatable bonds is 2. The molecule has 3 aromatic rings. The summed E-state index contributed by atoms with van der Waals surface area (Å²) in [5, 5.41) is 6.45. The molecule has 0 radical (unpaired) electrons. The molecule has 3 aromatic heterocycles. The van der Waals surface area contributed by atoms with E-state index in [2.05, 4.69) is 10.1 Å². The molecule has 7 heteroatoms.